The molecule has 0 atom stereocenters. The van der Waals surface area contributed by atoms with Gasteiger partial charge in [0.25, 0.3) is 0 Å². The molecular formula is C63H128Si3. The first kappa shape index (κ1) is 63.9. The molecule has 0 aliphatic carbocycles. The van der Waals surface area contributed by atoms with Crippen LogP contribution in [0.25, 0.3) is 0 Å². The molecule has 1 aromatic rings. The Morgan fingerprint density at radius 3 is 0.636 bits per heavy atom. The molecule has 1 aromatic carbocycles. The van der Waals surface area contributed by atoms with E-state index < -0.39 is 24.9 Å². The van der Waals surface area contributed by atoms with Crippen molar-refractivity contribution in [3.8, 4) is 0 Å². The SMILES string of the molecule is CCCCCCCCCCCCCCCC[Si](CCCCCCCCCCCCCCCC)(CCCCCCCCCCCCCCCC)c1ccc([Si](C)(C)C)cc1.[2H][Si](CC)(CC)CC. The second-order valence-electron chi connectivity index (χ2n) is 23.0. The smallest absolute Gasteiger partial charge is 0.0680 e. The molecule has 0 amide bonds. The molecule has 3 heteroatoms. The van der Waals surface area contributed by atoms with Crippen LogP contribution in [0.1, 0.15) is 311 Å². The fourth-order valence-electron chi connectivity index (χ4n) is 10.9. The van der Waals surface area contributed by atoms with E-state index in [0.717, 1.165) is 18.1 Å². The van der Waals surface area contributed by atoms with Gasteiger partial charge in [0.15, 0.2) is 0 Å². The molecule has 0 nitrogen and oxygen atoms in total. The van der Waals surface area contributed by atoms with E-state index in [0.29, 0.717) is 0 Å². The summed E-state index contributed by atoms with van der Waals surface area (Å²) in [5.41, 5.74) is 0. The van der Waals surface area contributed by atoms with Crippen LogP contribution >= 0.6 is 0 Å². The standard InChI is InChI=1S/C57H112Si2.C6H16Si/c1-7-10-13-16-19-22-25-28-31-34-37-40-43-46-53-59(57-51-49-56(50-52-57)58(4,5)6,54-47-44-41-38-35-32-29-26-23-20-17-14-11-8-2)55-48-45-42-39-36-33-30-27-24-21-18-15-12-9-3;1-4-7(5-2)6-3/h49-52H,7-48,53-55H2,1-6H3;7H,4-6H2,1-3H3/i;7D. The Morgan fingerprint density at radius 1 is 0.288 bits per heavy atom. The van der Waals surface area contributed by atoms with Crippen molar-refractivity contribution in [2.24, 2.45) is 0 Å². The second kappa shape index (κ2) is 49.8. The van der Waals surface area contributed by atoms with Gasteiger partial charge >= 0.3 is 0 Å². The molecule has 0 aromatic heterocycles. The number of hydrogen-bond acceptors (Lipinski definition) is 0. The molecule has 0 radical (unpaired) electrons. The summed E-state index contributed by atoms with van der Waals surface area (Å²) in [5.74, 6) is 0. The van der Waals surface area contributed by atoms with Crippen molar-refractivity contribution < 1.29 is 0 Å². The molecule has 0 saturated heterocycles. The van der Waals surface area contributed by atoms with Gasteiger partial charge < -0.3 is 0 Å². The zero-order valence-electron chi connectivity index (χ0n) is 48.8. The van der Waals surface area contributed by atoms with E-state index in [-0.39, 0.29) is 0 Å². The summed E-state index contributed by atoms with van der Waals surface area (Å²) in [5, 5.41) is 3.51. The van der Waals surface area contributed by atoms with Gasteiger partial charge in [-0.3, -0.25) is 0 Å². The summed E-state index contributed by atoms with van der Waals surface area (Å²) >= 11 is 0. The zero-order chi connectivity index (χ0) is 49.4. The van der Waals surface area contributed by atoms with Crippen molar-refractivity contribution in [1.82, 2.24) is 0 Å². The van der Waals surface area contributed by atoms with Crippen molar-refractivity contribution in [1.29, 1.82) is 1.23 Å². The van der Waals surface area contributed by atoms with Gasteiger partial charge in [-0.1, -0.05) is 402 Å². The molecule has 0 aliphatic rings. The lowest BCUT2D eigenvalue weighted by Crippen LogP contribution is -2.48. The highest BCUT2D eigenvalue weighted by molar-refractivity contribution is 6.92. The van der Waals surface area contributed by atoms with E-state index in [1.807, 2.05) is 5.19 Å². The van der Waals surface area contributed by atoms with Crippen LogP contribution in [-0.2, 0) is 0 Å². The van der Waals surface area contributed by atoms with Crippen LogP contribution in [0.5, 0.6) is 0 Å². The minimum atomic E-state index is -1.55. The second-order valence-corrected chi connectivity index (χ2v) is 36.3. The zero-order valence-corrected chi connectivity index (χ0v) is 50.8. The third-order valence-electron chi connectivity index (χ3n) is 15.9. The quantitative estimate of drug-likeness (QED) is 0.0451. The fraction of sp³-hybridized carbons (Fsp3) is 0.905. The lowest BCUT2D eigenvalue weighted by Gasteiger charge is -2.34. The molecule has 0 aliphatic heterocycles. The van der Waals surface area contributed by atoms with Gasteiger partial charge in [0, 0.05) is 9.96 Å². The van der Waals surface area contributed by atoms with Gasteiger partial charge in [0.05, 0.1) is 16.1 Å². The van der Waals surface area contributed by atoms with Gasteiger partial charge in [-0.15, -0.1) is 0 Å². The van der Waals surface area contributed by atoms with Crippen molar-refractivity contribution in [2.75, 3.05) is 0 Å². The molecule has 1 rings (SSSR count). The monoisotopic (exact) mass is 970 g/mol. The molecule has 66 heavy (non-hydrogen) atoms. The summed E-state index contributed by atoms with van der Waals surface area (Å²) < 4.78 is 7.81. The topological polar surface area (TPSA) is 0 Å². The number of rotatable bonds is 50. The third-order valence-corrected chi connectivity index (χ3v) is 26.4. The maximum atomic E-state index is 7.81. The van der Waals surface area contributed by atoms with Gasteiger partial charge in [-0.2, -0.15) is 0 Å². The predicted molar refractivity (Wildman–Crippen MR) is 319 cm³/mol. The van der Waals surface area contributed by atoms with Gasteiger partial charge in [-0.25, -0.2) is 0 Å². The Kier molecular flexibility index (Phi) is 48.2. The van der Waals surface area contributed by atoms with Crippen LogP contribution < -0.4 is 10.4 Å². The van der Waals surface area contributed by atoms with E-state index in [1.165, 1.54) is 270 Å². The van der Waals surface area contributed by atoms with Gasteiger partial charge in [0.2, 0.25) is 0 Å². The Balaban J connectivity index is 0.00000495. The normalized spacial score (nSPS) is 12.4. The van der Waals surface area contributed by atoms with E-state index in [1.54, 1.807) is 23.3 Å². The highest BCUT2D eigenvalue weighted by atomic mass is 28.3. The summed E-state index contributed by atoms with van der Waals surface area (Å²) in [6, 6.07) is 18.7. The minimum Gasteiger partial charge on any atom is -0.0680 e. The molecule has 0 fully saturated rings. The number of hydrogen-bond donors (Lipinski definition) is 0. The van der Waals surface area contributed by atoms with Crippen LogP contribution in [-0.4, -0.2) is 26.1 Å². The average molecular weight is 971 g/mol. The van der Waals surface area contributed by atoms with Crippen molar-refractivity contribution >= 4 is 35.3 Å². The minimum absolute atomic E-state index is 1.12. The van der Waals surface area contributed by atoms with E-state index in [2.05, 4.69) is 85.4 Å². The molecule has 0 unspecified atom stereocenters. The Morgan fingerprint density at radius 2 is 0.470 bits per heavy atom. The van der Waals surface area contributed by atoms with Crippen LogP contribution in [0.3, 0.4) is 0 Å². The van der Waals surface area contributed by atoms with Gasteiger partial charge in [-0.05, 0) is 0 Å². The number of benzene rings is 1. The van der Waals surface area contributed by atoms with Crippen molar-refractivity contribution in [2.45, 2.75) is 367 Å². The molecule has 392 valence electrons. The predicted octanol–water partition coefficient (Wildman–Crippen LogP) is 22.6. The average Bonchev–Trinajstić information content (AvgIpc) is 3.33. The van der Waals surface area contributed by atoms with Crippen molar-refractivity contribution in [3.05, 3.63) is 24.3 Å². The lowest BCUT2D eigenvalue weighted by molar-refractivity contribution is 0.535. The maximum absolute atomic E-state index is 7.81. The van der Waals surface area contributed by atoms with Crippen LogP contribution in [0.2, 0.25) is 55.9 Å². The third kappa shape index (κ3) is 40.6. The van der Waals surface area contributed by atoms with Crippen LogP contribution in [0.15, 0.2) is 24.3 Å². The van der Waals surface area contributed by atoms with Gasteiger partial charge in [0.1, 0.15) is 0 Å². The summed E-state index contributed by atoms with van der Waals surface area (Å²) in [6.07, 6.45) is 61.7. The highest BCUT2D eigenvalue weighted by Crippen LogP contribution is 2.31. The Bertz CT molecular complexity index is 1020. The summed E-state index contributed by atoms with van der Waals surface area (Å²) in [6.45, 7) is 21.0. The molecule has 0 bridgehead atoms. The highest BCUT2D eigenvalue weighted by Gasteiger charge is 2.34. The Hall–Kier alpha value is -0.129. The Labute approximate surface area is 425 Å². The van der Waals surface area contributed by atoms with E-state index >= 15 is 0 Å². The molecular weight excluding hydrogens is 841 g/mol. The summed E-state index contributed by atoms with van der Waals surface area (Å²) in [7, 11) is -4.25. The molecule has 0 heterocycles. The van der Waals surface area contributed by atoms with Crippen LogP contribution in [0, 0.1) is 0 Å². The first-order valence-corrected chi connectivity index (χ1v) is 39.4. The largest absolute Gasteiger partial charge is 0.0867 e. The lowest BCUT2D eigenvalue weighted by atomic mass is 10.0. The molecule has 0 saturated carbocycles. The first-order chi connectivity index (χ1) is 32.6. The molecule has 0 N–H and O–H groups in total. The van der Waals surface area contributed by atoms with E-state index in [9.17, 15) is 0 Å². The van der Waals surface area contributed by atoms with E-state index in [4.69, 9.17) is 1.23 Å². The summed E-state index contributed by atoms with van der Waals surface area (Å²) in [4.78, 5) is 0. The number of unbranched alkanes of at least 4 members (excludes halogenated alkanes) is 39. The molecule has 0 spiro atoms. The maximum Gasteiger partial charge on any atom is 0.0867 e. The first-order valence-electron chi connectivity index (χ1n) is 31.7. The van der Waals surface area contributed by atoms with Crippen LogP contribution in [0.4, 0.5) is 0 Å². The fourth-order valence-corrected chi connectivity index (χ4v) is 18.8. The van der Waals surface area contributed by atoms with Crippen molar-refractivity contribution in [3.63, 3.8) is 0 Å².